The molecule has 3 rings (SSSR count). The SMILES string of the molecule is NC(N)=NS(=O)(=O)c1ccc(N=CCC(=O)c2ccc3c(c2)OCO3)cc1. The van der Waals surface area contributed by atoms with E-state index >= 15 is 0 Å². The van der Waals surface area contributed by atoms with E-state index in [1.54, 1.807) is 18.2 Å². The number of carbonyl (C=O) groups is 1. The summed E-state index contributed by atoms with van der Waals surface area (Å²) in [5.74, 6) is 0.467. The van der Waals surface area contributed by atoms with Crippen molar-refractivity contribution < 1.29 is 22.7 Å². The van der Waals surface area contributed by atoms with Gasteiger partial charge in [-0.15, -0.1) is 4.40 Å². The van der Waals surface area contributed by atoms with Crippen molar-refractivity contribution in [2.24, 2.45) is 20.9 Å². The van der Waals surface area contributed by atoms with Crippen LogP contribution in [-0.2, 0) is 10.0 Å². The van der Waals surface area contributed by atoms with Gasteiger partial charge in [0.25, 0.3) is 10.0 Å². The molecule has 1 heterocycles. The first-order valence-electron chi connectivity index (χ1n) is 7.76. The first kappa shape index (κ1) is 18.4. The van der Waals surface area contributed by atoms with Crippen molar-refractivity contribution >= 4 is 33.7 Å². The summed E-state index contributed by atoms with van der Waals surface area (Å²) in [6.07, 6.45) is 1.53. The highest BCUT2D eigenvalue weighted by molar-refractivity contribution is 7.90. The zero-order valence-corrected chi connectivity index (χ0v) is 14.8. The van der Waals surface area contributed by atoms with Gasteiger partial charge in [0.05, 0.1) is 10.6 Å². The van der Waals surface area contributed by atoms with Gasteiger partial charge in [0.1, 0.15) is 0 Å². The van der Waals surface area contributed by atoms with Crippen LogP contribution in [-0.4, -0.2) is 33.2 Å². The molecule has 140 valence electrons. The molecular formula is C17H16N4O5S. The number of ketones is 1. The summed E-state index contributed by atoms with van der Waals surface area (Å²) >= 11 is 0. The summed E-state index contributed by atoms with van der Waals surface area (Å²) in [5.41, 5.74) is 11.2. The van der Waals surface area contributed by atoms with Gasteiger partial charge in [0, 0.05) is 18.2 Å². The van der Waals surface area contributed by atoms with E-state index in [1.807, 2.05) is 0 Å². The van der Waals surface area contributed by atoms with Crippen LogP contribution >= 0.6 is 0 Å². The van der Waals surface area contributed by atoms with Gasteiger partial charge >= 0.3 is 0 Å². The Morgan fingerprint density at radius 3 is 2.48 bits per heavy atom. The predicted molar refractivity (Wildman–Crippen MR) is 99.1 cm³/mol. The van der Waals surface area contributed by atoms with Gasteiger partial charge in [0.15, 0.2) is 17.3 Å². The molecule has 0 unspecified atom stereocenters. The Morgan fingerprint density at radius 1 is 1.07 bits per heavy atom. The van der Waals surface area contributed by atoms with E-state index < -0.39 is 16.0 Å². The summed E-state index contributed by atoms with van der Waals surface area (Å²) < 4.78 is 37.3. The largest absolute Gasteiger partial charge is 0.454 e. The van der Waals surface area contributed by atoms with Crippen LogP contribution < -0.4 is 20.9 Å². The quantitative estimate of drug-likeness (QED) is 0.431. The highest BCUT2D eigenvalue weighted by atomic mass is 32.2. The average molecular weight is 388 g/mol. The standard InChI is InChI=1S/C17H16N4O5S/c18-17(19)21-27(23,24)13-4-2-12(3-5-13)20-8-7-14(22)11-1-6-15-16(9-11)26-10-25-15/h1-6,8-9H,7,10H2,(H4,18,19,21). The van der Waals surface area contributed by atoms with Crippen molar-refractivity contribution in [1.29, 1.82) is 0 Å². The van der Waals surface area contributed by atoms with Crippen LogP contribution in [0.1, 0.15) is 16.8 Å². The average Bonchev–Trinajstić information content (AvgIpc) is 3.08. The van der Waals surface area contributed by atoms with Crippen LogP contribution in [0.3, 0.4) is 0 Å². The van der Waals surface area contributed by atoms with E-state index in [4.69, 9.17) is 20.9 Å². The van der Waals surface area contributed by atoms with E-state index in [9.17, 15) is 13.2 Å². The number of sulfonamides is 1. The van der Waals surface area contributed by atoms with Crippen LogP contribution in [0.25, 0.3) is 0 Å². The Kier molecular flexibility index (Phi) is 5.08. The van der Waals surface area contributed by atoms with Crippen molar-refractivity contribution in [2.75, 3.05) is 6.79 Å². The van der Waals surface area contributed by atoms with Gasteiger partial charge < -0.3 is 20.9 Å². The molecule has 0 saturated heterocycles. The van der Waals surface area contributed by atoms with Gasteiger partial charge in [-0.25, -0.2) is 0 Å². The molecule has 2 aromatic carbocycles. The van der Waals surface area contributed by atoms with Crippen LogP contribution in [0.4, 0.5) is 5.69 Å². The molecule has 1 aliphatic rings. The molecule has 0 spiro atoms. The molecule has 0 saturated carbocycles. The molecular weight excluding hydrogens is 372 g/mol. The molecule has 1 aliphatic heterocycles. The van der Waals surface area contributed by atoms with Crippen LogP contribution in [0.2, 0.25) is 0 Å². The summed E-state index contributed by atoms with van der Waals surface area (Å²) in [4.78, 5) is 16.3. The highest BCUT2D eigenvalue weighted by Gasteiger charge is 2.16. The second-order valence-electron chi connectivity index (χ2n) is 5.49. The number of fused-ring (bicyclic) bond motifs is 1. The van der Waals surface area contributed by atoms with Gasteiger partial charge in [0.2, 0.25) is 12.8 Å². The Balaban J connectivity index is 1.64. The number of rotatable bonds is 6. The molecule has 4 N–H and O–H groups in total. The number of aliphatic imine (C=N–C) groups is 1. The van der Waals surface area contributed by atoms with Crippen molar-refractivity contribution in [3.05, 3.63) is 48.0 Å². The number of Topliss-reactive ketones (excluding diaryl/α,β-unsaturated/α-hetero) is 1. The van der Waals surface area contributed by atoms with Gasteiger partial charge in [-0.1, -0.05) is 0 Å². The Morgan fingerprint density at radius 2 is 1.78 bits per heavy atom. The van der Waals surface area contributed by atoms with Crippen molar-refractivity contribution in [1.82, 2.24) is 0 Å². The van der Waals surface area contributed by atoms with E-state index in [1.165, 1.54) is 30.5 Å². The minimum Gasteiger partial charge on any atom is -0.454 e. The third kappa shape index (κ3) is 4.42. The maximum Gasteiger partial charge on any atom is 0.285 e. The monoisotopic (exact) mass is 388 g/mol. The van der Waals surface area contributed by atoms with Crippen LogP contribution in [0, 0.1) is 0 Å². The lowest BCUT2D eigenvalue weighted by molar-refractivity contribution is 0.100. The Hall–Kier alpha value is -3.40. The fourth-order valence-corrected chi connectivity index (χ4v) is 3.18. The molecule has 0 aromatic heterocycles. The number of ether oxygens (including phenoxy) is 2. The van der Waals surface area contributed by atoms with E-state index in [0.717, 1.165) is 0 Å². The molecule has 0 fully saturated rings. The zero-order valence-electron chi connectivity index (χ0n) is 14.0. The van der Waals surface area contributed by atoms with E-state index in [-0.39, 0.29) is 23.9 Å². The maximum atomic E-state index is 12.2. The number of guanidine groups is 1. The fraction of sp³-hybridized carbons (Fsp3) is 0.118. The number of carbonyl (C=O) groups excluding carboxylic acids is 1. The molecule has 10 heteroatoms. The molecule has 0 radical (unpaired) electrons. The van der Waals surface area contributed by atoms with Crippen LogP contribution in [0.5, 0.6) is 11.5 Å². The van der Waals surface area contributed by atoms with E-state index in [0.29, 0.717) is 22.7 Å². The normalized spacial score (nSPS) is 12.9. The summed E-state index contributed by atoms with van der Waals surface area (Å²) in [7, 11) is -3.94. The zero-order chi connectivity index (χ0) is 19.4. The predicted octanol–water partition coefficient (Wildman–Crippen LogP) is 1.35. The smallest absolute Gasteiger partial charge is 0.285 e. The topological polar surface area (TPSA) is 146 Å². The minimum absolute atomic E-state index is 0.0636. The number of hydrogen-bond donors (Lipinski definition) is 2. The fourth-order valence-electron chi connectivity index (χ4n) is 2.32. The van der Waals surface area contributed by atoms with Gasteiger partial charge in [-0.05, 0) is 42.5 Å². The van der Waals surface area contributed by atoms with Crippen LogP contribution in [0.15, 0.2) is 56.8 Å². The lowest BCUT2D eigenvalue weighted by Gasteiger charge is -2.01. The molecule has 0 bridgehead atoms. The number of nitrogens with two attached hydrogens (primary N) is 2. The molecule has 0 amide bonds. The molecule has 0 atom stereocenters. The molecule has 0 aliphatic carbocycles. The third-order valence-electron chi connectivity index (χ3n) is 3.57. The number of benzene rings is 2. The Bertz CT molecular complexity index is 1030. The Labute approximate surface area is 155 Å². The molecule has 27 heavy (non-hydrogen) atoms. The first-order chi connectivity index (χ1) is 12.8. The lowest BCUT2D eigenvalue weighted by atomic mass is 10.1. The van der Waals surface area contributed by atoms with Crippen molar-refractivity contribution in [3.8, 4) is 11.5 Å². The van der Waals surface area contributed by atoms with Gasteiger partial charge in [-0.3, -0.25) is 9.79 Å². The third-order valence-corrected chi connectivity index (χ3v) is 4.89. The summed E-state index contributed by atoms with van der Waals surface area (Å²) in [6.45, 7) is 0.142. The summed E-state index contributed by atoms with van der Waals surface area (Å²) in [6, 6.07) is 10.6. The molecule has 9 nitrogen and oxygen atoms in total. The number of hydrogen-bond acceptors (Lipinski definition) is 6. The van der Waals surface area contributed by atoms with E-state index in [2.05, 4.69) is 9.39 Å². The van der Waals surface area contributed by atoms with Gasteiger partial charge in [-0.2, -0.15) is 8.42 Å². The first-order valence-corrected chi connectivity index (χ1v) is 9.20. The van der Waals surface area contributed by atoms with Crippen molar-refractivity contribution in [3.63, 3.8) is 0 Å². The minimum atomic E-state index is -3.94. The maximum absolute atomic E-state index is 12.2. The lowest BCUT2D eigenvalue weighted by Crippen LogP contribution is -2.24. The number of nitrogens with zero attached hydrogens (tertiary/aromatic N) is 2. The second kappa shape index (κ2) is 7.46. The van der Waals surface area contributed by atoms with Crippen molar-refractivity contribution in [2.45, 2.75) is 11.3 Å². The second-order valence-corrected chi connectivity index (χ2v) is 7.10. The highest BCUT2D eigenvalue weighted by Crippen LogP contribution is 2.32. The molecule has 2 aromatic rings. The summed E-state index contributed by atoms with van der Waals surface area (Å²) in [5, 5.41) is 0.